The quantitative estimate of drug-likeness (QED) is 0.251. The highest BCUT2D eigenvalue weighted by molar-refractivity contribution is 8.00. The predicted molar refractivity (Wildman–Crippen MR) is 104 cm³/mol. The van der Waals surface area contributed by atoms with E-state index in [-0.39, 0.29) is 18.7 Å². The van der Waals surface area contributed by atoms with Gasteiger partial charge in [0, 0.05) is 12.3 Å². The number of aliphatic carboxylic acids is 3. The van der Waals surface area contributed by atoms with Gasteiger partial charge in [-0.2, -0.15) is 0 Å². The summed E-state index contributed by atoms with van der Waals surface area (Å²) in [5.41, 5.74) is 3.65. The largest absolute Gasteiger partial charge is 0.480 e. The molecule has 0 radical (unpaired) electrons. The fourth-order valence-corrected chi connectivity index (χ4v) is 4.81. The number of carboxylic acid groups (broad SMARTS) is 3. The summed E-state index contributed by atoms with van der Waals surface area (Å²) in [6.07, 6.45) is 3.26. The number of thioether (sulfide) groups is 1. The van der Waals surface area contributed by atoms with Crippen molar-refractivity contribution in [2.45, 2.75) is 75.2 Å². The molecule has 1 rings (SSSR count). The third-order valence-electron chi connectivity index (χ3n) is 5.06. The van der Waals surface area contributed by atoms with Gasteiger partial charge in [0.15, 0.2) is 11.3 Å². The average Bonchev–Trinajstić information content (AvgIpc) is 3.04. The summed E-state index contributed by atoms with van der Waals surface area (Å²) in [6.45, 7) is 3.50. The first kappa shape index (κ1) is 24.4. The molecular formula is C18H30N2O7S. The zero-order valence-electron chi connectivity index (χ0n) is 16.3. The van der Waals surface area contributed by atoms with Crippen molar-refractivity contribution in [3.8, 4) is 0 Å². The summed E-state index contributed by atoms with van der Waals surface area (Å²) in [5.74, 6) is -4.58. The predicted octanol–water partition coefficient (Wildman–Crippen LogP) is 1.04. The van der Waals surface area contributed by atoms with Crippen LogP contribution in [0.15, 0.2) is 0 Å². The Morgan fingerprint density at radius 1 is 1.14 bits per heavy atom. The molecule has 1 aliphatic rings. The Balaban J connectivity index is 3.05. The monoisotopic (exact) mass is 418 g/mol. The number of carbonyl (C=O) groups is 4. The van der Waals surface area contributed by atoms with Gasteiger partial charge in [0.2, 0.25) is 0 Å². The van der Waals surface area contributed by atoms with Crippen molar-refractivity contribution in [3.63, 3.8) is 0 Å². The summed E-state index contributed by atoms with van der Waals surface area (Å²) >= 11 is 0.978. The Labute approximate surface area is 168 Å². The first-order valence-electron chi connectivity index (χ1n) is 9.46. The van der Waals surface area contributed by atoms with E-state index in [0.717, 1.165) is 24.6 Å². The van der Waals surface area contributed by atoms with E-state index in [9.17, 15) is 34.5 Å². The molecule has 1 heterocycles. The minimum absolute atomic E-state index is 0.0178. The fourth-order valence-electron chi connectivity index (χ4n) is 3.60. The number of hydrogen-bond donors (Lipinski definition) is 4. The lowest BCUT2D eigenvalue weighted by molar-refractivity contribution is -0.160. The van der Waals surface area contributed by atoms with Crippen LogP contribution in [0.5, 0.6) is 0 Å². The van der Waals surface area contributed by atoms with E-state index in [2.05, 4.69) is 0 Å². The van der Waals surface area contributed by atoms with E-state index in [0.29, 0.717) is 19.3 Å². The van der Waals surface area contributed by atoms with Crippen LogP contribution in [-0.4, -0.2) is 79.1 Å². The van der Waals surface area contributed by atoms with Crippen molar-refractivity contribution in [1.29, 1.82) is 0 Å². The lowest BCUT2D eigenvalue weighted by Crippen LogP contribution is -2.65. The van der Waals surface area contributed by atoms with Crippen LogP contribution in [0.2, 0.25) is 0 Å². The smallest absolute Gasteiger partial charge is 0.332 e. The van der Waals surface area contributed by atoms with Gasteiger partial charge >= 0.3 is 17.9 Å². The topological polar surface area (TPSA) is 158 Å². The second kappa shape index (κ2) is 10.8. The standard InChI is InChI=1S/C18H30N2O7S/c1-3-4-5-7-13(16(24)25)28-10-12(15(22)23)20-9-6-8-18(20,17(26)27)14(21)11(2)19/h11-13H,3-10,19H2,1-2H3,(H,22,23)(H,24,25)(H,26,27)/t11?,12-,13-,18?/m0/s1. The van der Waals surface area contributed by atoms with Crippen LogP contribution in [0, 0.1) is 0 Å². The highest BCUT2D eigenvalue weighted by Crippen LogP contribution is 2.35. The SMILES string of the molecule is CCCCC[C@H](SC[C@@H](C(=O)O)N1CCCC1(C(=O)O)C(=O)C(C)N)C(=O)O. The van der Waals surface area contributed by atoms with E-state index >= 15 is 0 Å². The van der Waals surface area contributed by atoms with E-state index in [4.69, 9.17) is 5.73 Å². The van der Waals surface area contributed by atoms with Crippen molar-refractivity contribution in [3.05, 3.63) is 0 Å². The number of hydrogen-bond acceptors (Lipinski definition) is 7. The minimum atomic E-state index is -1.99. The van der Waals surface area contributed by atoms with Gasteiger partial charge in [-0.05, 0) is 26.2 Å². The van der Waals surface area contributed by atoms with Gasteiger partial charge in [0.1, 0.15) is 11.3 Å². The number of carboxylic acids is 3. The molecule has 1 aliphatic heterocycles. The van der Waals surface area contributed by atoms with Crippen molar-refractivity contribution in [1.82, 2.24) is 4.90 Å². The van der Waals surface area contributed by atoms with Gasteiger partial charge in [-0.3, -0.25) is 19.3 Å². The maximum Gasteiger partial charge on any atom is 0.332 e. The van der Waals surface area contributed by atoms with E-state index < -0.39 is 46.6 Å². The molecule has 0 bridgehead atoms. The van der Waals surface area contributed by atoms with Crippen LogP contribution in [0.25, 0.3) is 0 Å². The van der Waals surface area contributed by atoms with E-state index in [1.54, 1.807) is 0 Å². The van der Waals surface area contributed by atoms with E-state index in [1.165, 1.54) is 11.8 Å². The summed E-state index contributed by atoms with van der Waals surface area (Å²) in [4.78, 5) is 49.2. The molecule has 0 aromatic rings. The van der Waals surface area contributed by atoms with E-state index in [1.807, 2.05) is 6.92 Å². The maximum absolute atomic E-state index is 12.6. The molecule has 0 aromatic heterocycles. The summed E-state index contributed by atoms with van der Waals surface area (Å²) < 4.78 is 0. The molecule has 5 N–H and O–H groups in total. The van der Waals surface area contributed by atoms with Gasteiger partial charge in [-0.25, -0.2) is 4.79 Å². The first-order valence-corrected chi connectivity index (χ1v) is 10.5. The van der Waals surface area contributed by atoms with Gasteiger partial charge in [-0.1, -0.05) is 26.2 Å². The molecule has 0 aromatic carbocycles. The van der Waals surface area contributed by atoms with Crippen LogP contribution < -0.4 is 5.73 Å². The van der Waals surface area contributed by atoms with Gasteiger partial charge in [-0.15, -0.1) is 11.8 Å². The first-order chi connectivity index (χ1) is 13.1. The Morgan fingerprint density at radius 3 is 2.25 bits per heavy atom. The van der Waals surface area contributed by atoms with Gasteiger partial charge in [0.25, 0.3) is 0 Å². The molecule has 28 heavy (non-hydrogen) atoms. The van der Waals surface area contributed by atoms with Gasteiger partial charge in [0.05, 0.1) is 6.04 Å². The highest BCUT2D eigenvalue weighted by atomic mass is 32.2. The maximum atomic E-state index is 12.6. The third kappa shape index (κ3) is 5.45. The molecule has 1 fully saturated rings. The summed E-state index contributed by atoms with van der Waals surface area (Å²) in [6, 6.07) is -2.35. The zero-order valence-corrected chi connectivity index (χ0v) is 17.1. The minimum Gasteiger partial charge on any atom is -0.480 e. The normalized spacial score (nSPS) is 23.1. The molecule has 1 saturated heterocycles. The Morgan fingerprint density at radius 2 is 1.79 bits per heavy atom. The number of carbonyl (C=O) groups excluding carboxylic acids is 1. The Bertz CT molecular complexity index is 598. The van der Waals surface area contributed by atoms with Crippen LogP contribution in [-0.2, 0) is 19.2 Å². The summed E-state index contributed by atoms with van der Waals surface area (Å²) in [5, 5.41) is 28.1. The zero-order chi connectivity index (χ0) is 21.5. The van der Waals surface area contributed by atoms with Crippen LogP contribution in [0.4, 0.5) is 0 Å². The molecule has 160 valence electrons. The van der Waals surface area contributed by atoms with Crippen molar-refractivity contribution in [2.75, 3.05) is 12.3 Å². The number of likely N-dealkylation sites (tertiary alicyclic amines) is 1. The van der Waals surface area contributed by atoms with Crippen molar-refractivity contribution in [2.24, 2.45) is 5.73 Å². The number of nitrogens with two attached hydrogens (primary N) is 1. The van der Waals surface area contributed by atoms with Crippen LogP contribution in [0.3, 0.4) is 0 Å². The van der Waals surface area contributed by atoms with Crippen LogP contribution in [0.1, 0.15) is 52.4 Å². The van der Waals surface area contributed by atoms with Crippen molar-refractivity contribution < 1.29 is 34.5 Å². The second-order valence-corrected chi connectivity index (χ2v) is 8.36. The fraction of sp³-hybridized carbons (Fsp3) is 0.778. The average molecular weight is 419 g/mol. The molecule has 0 spiro atoms. The van der Waals surface area contributed by atoms with Crippen LogP contribution >= 0.6 is 11.8 Å². The summed E-state index contributed by atoms with van der Waals surface area (Å²) in [7, 11) is 0. The molecule has 0 aliphatic carbocycles. The Hall–Kier alpha value is -1.65. The molecule has 10 heteroatoms. The second-order valence-electron chi connectivity index (χ2n) is 7.13. The number of rotatable bonds is 13. The molecule has 0 saturated carbocycles. The lowest BCUT2D eigenvalue weighted by Gasteiger charge is -2.38. The Kier molecular flexibility index (Phi) is 9.38. The molecular weight excluding hydrogens is 388 g/mol. The van der Waals surface area contributed by atoms with Crippen molar-refractivity contribution >= 4 is 35.5 Å². The number of Topliss-reactive ketones (excluding diaryl/α,β-unsaturated/α-hetero) is 1. The molecule has 0 amide bonds. The number of ketones is 1. The molecule has 2 unspecified atom stereocenters. The molecule has 9 nitrogen and oxygen atoms in total. The number of nitrogens with zero attached hydrogens (tertiary/aromatic N) is 1. The third-order valence-corrected chi connectivity index (χ3v) is 6.41. The highest BCUT2D eigenvalue weighted by Gasteiger charge is 2.57. The lowest BCUT2D eigenvalue weighted by atomic mass is 9.86. The van der Waals surface area contributed by atoms with Gasteiger partial charge < -0.3 is 21.1 Å². The molecule has 4 atom stereocenters. The number of unbranched alkanes of at least 4 members (excludes halogenated alkanes) is 2.